The molecular weight excluding hydrogens is 396 g/mol. The monoisotopic (exact) mass is 442 g/mol. The summed E-state index contributed by atoms with van der Waals surface area (Å²) in [4.78, 5) is 45.6. The Morgan fingerprint density at radius 1 is 0.839 bits per heavy atom. The number of esters is 2. The molecule has 4 unspecified atom stereocenters. The highest BCUT2D eigenvalue weighted by molar-refractivity contribution is 5.83. The summed E-state index contributed by atoms with van der Waals surface area (Å²) in [6.07, 6.45) is 8.87. The number of ether oxygens (including phenoxy) is 2. The van der Waals surface area contributed by atoms with Gasteiger partial charge in [0.1, 0.15) is 11.6 Å². The zero-order valence-corrected chi connectivity index (χ0v) is 18.5. The topological polar surface area (TPSA) is 86.7 Å². The van der Waals surface area contributed by atoms with E-state index in [1.54, 1.807) is 6.92 Å². The number of rotatable bonds is 7. The molecule has 0 aromatic rings. The summed E-state index contributed by atoms with van der Waals surface area (Å²) in [5.41, 5.74) is 0. The van der Waals surface area contributed by atoms with Crippen molar-refractivity contribution in [2.45, 2.75) is 99.8 Å². The van der Waals surface area contributed by atoms with E-state index in [0.29, 0.717) is 43.9 Å². The standard InChI is InChI=1S/C12H20O3.C11H18O3.2CH4/c1-3-15-12(14)9(2)8-10-6-4-5-7-11(10)13;1-8(11(13)14-2)7-9-5-3-4-6-10(9)12;;/h9-10H,3-8H2,1-2H3;8-9H,3-7H2,1-2H3;2*1H4. The normalized spacial score (nSPS) is 22.5. The van der Waals surface area contributed by atoms with Gasteiger partial charge in [0.15, 0.2) is 0 Å². The van der Waals surface area contributed by atoms with Crippen LogP contribution in [-0.2, 0) is 28.7 Å². The number of carbonyl (C=O) groups excluding carboxylic acids is 4. The lowest BCUT2D eigenvalue weighted by Crippen LogP contribution is -2.25. The molecule has 0 saturated heterocycles. The lowest BCUT2D eigenvalue weighted by molar-refractivity contribution is -0.148. The average Bonchev–Trinajstić information content (AvgIpc) is 2.71. The quantitative estimate of drug-likeness (QED) is 0.480. The van der Waals surface area contributed by atoms with Crippen LogP contribution < -0.4 is 0 Å². The van der Waals surface area contributed by atoms with E-state index in [-0.39, 0.29) is 50.5 Å². The van der Waals surface area contributed by atoms with Crippen LogP contribution in [0.4, 0.5) is 0 Å². The van der Waals surface area contributed by atoms with E-state index in [4.69, 9.17) is 4.74 Å². The third kappa shape index (κ3) is 11.5. The van der Waals surface area contributed by atoms with Crippen molar-refractivity contribution in [3.8, 4) is 0 Å². The molecule has 0 radical (unpaired) electrons. The second kappa shape index (κ2) is 16.9. The highest BCUT2D eigenvalue weighted by Gasteiger charge is 2.27. The molecular formula is C25H46O6. The average molecular weight is 443 g/mol. The molecule has 0 aliphatic heterocycles. The number of methoxy groups -OCH3 is 1. The van der Waals surface area contributed by atoms with E-state index in [0.717, 1.165) is 38.5 Å². The van der Waals surface area contributed by atoms with Crippen molar-refractivity contribution >= 4 is 23.5 Å². The molecule has 2 saturated carbocycles. The van der Waals surface area contributed by atoms with Gasteiger partial charge in [0.05, 0.1) is 25.6 Å². The SMILES string of the molecule is C.C.CCOC(=O)C(C)CC1CCCCC1=O.COC(=O)C(C)CC1CCCCC1=O. The largest absolute Gasteiger partial charge is 0.469 e. The first-order valence-corrected chi connectivity index (χ1v) is 11.1. The zero-order valence-electron chi connectivity index (χ0n) is 18.5. The molecule has 0 aromatic heterocycles. The summed E-state index contributed by atoms with van der Waals surface area (Å²) in [5, 5.41) is 0. The summed E-state index contributed by atoms with van der Waals surface area (Å²) in [6.45, 7) is 5.89. The second-order valence-corrected chi connectivity index (χ2v) is 8.37. The van der Waals surface area contributed by atoms with Gasteiger partial charge in [0.25, 0.3) is 0 Å². The van der Waals surface area contributed by atoms with Gasteiger partial charge in [-0.3, -0.25) is 19.2 Å². The van der Waals surface area contributed by atoms with Crippen LogP contribution >= 0.6 is 0 Å². The first-order valence-electron chi connectivity index (χ1n) is 11.1. The van der Waals surface area contributed by atoms with E-state index in [9.17, 15) is 19.2 Å². The molecule has 6 heteroatoms. The Hall–Kier alpha value is -1.72. The van der Waals surface area contributed by atoms with Crippen molar-refractivity contribution in [3.63, 3.8) is 0 Å². The van der Waals surface area contributed by atoms with E-state index in [2.05, 4.69) is 4.74 Å². The molecule has 2 aliphatic rings. The van der Waals surface area contributed by atoms with Crippen LogP contribution in [0.5, 0.6) is 0 Å². The molecule has 0 heterocycles. The van der Waals surface area contributed by atoms with E-state index in [1.165, 1.54) is 7.11 Å². The van der Waals surface area contributed by atoms with Crippen LogP contribution in [0, 0.1) is 23.7 Å². The lowest BCUT2D eigenvalue weighted by Gasteiger charge is -2.22. The van der Waals surface area contributed by atoms with Crippen LogP contribution in [0.25, 0.3) is 0 Å². The van der Waals surface area contributed by atoms with Crippen LogP contribution in [0.1, 0.15) is 99.8 Å². The molecule has 31 heavy (non-hydrogen) atoms. The highest BCUT2D eigenvalue weighted by atomic mass is 16.5. The molecule has 4 atom stereocenters. The van der Waals surface area contributed by atoms with Crippen LogP contribution in [0.15, 0.2) is 0 Å². The molecule has 2 aliphatic carbocycles. The Labute approximate surface area is 189 Å². The Kier molecular flexibility index (Phi) is 17.2. The molecule has 2 rings (SSSR count). The number of ketones is 2. The molecule has 0 aromatic carbocycles. The predicted octanol–water partition coefficient (Wildman–Crippen LogP) is 5.55. The number of hydrogen-bond acceptors (Lipinski definition) is 6. The first-order chi connectivity index (χ1) is 13.8. The zero-order chi connectivity index (χ0) is 21.8. The molecule has 182 valence electrons. The van der Waals surface area contributed by atoms with Crippen LogP contribution in [0.2, 0.25) is 0 Å². The maximum absolute atomic E-state index is 11.6. The number of carbonyl (C=O) groups is 4. The summed E-state index contributed by atoms with van der Waals surface area (Å²) in [5.74, 6) is 0.184. The molecule has 2 fully saturated rings. The molecule has 0 bridgehead atoms. The van der Waals surface area contributed by atoms with E-state index >= 15 is 0 Å². The Balaban J connectivity index is 0. The third-order valence-electron chi connectivity index (χ3n) is 5.93. The van der Waals surface area contributed by atoms with Crippen molar-refractivity contribution < 1.29 is 28.7 Å². The van der Waals surface area contributed by atoms with Gasteiger partial charge < -0.3 is 9.47 Å². The van der Waals surface area contributed by atoms with Gasteiger partial charge in [-0.05, 0) is 45.4 Å². The minimum Gasteiger partial charge on any atom is -0.469 e. The van der Waals surface area contributed by atoms with E-state index < -0.39 is 0 Å². The fraction of sp³-hybridized carbons (Fsp3) is 0.840. The van der Waals surface area contributed by atoms with Gasteiger partial charge in [0.2, 0.25) is 0 Å². The van der Waals surface area contributed by atoms with Crippen molar-refractivity contribution in [1.82, 2.24) is 0 Å². The van der Waals surface area contributed by atoms with Gasteiger partial charge in [-0.1, -0.05) is 41.5 Å². The maximum Gasteiger partial charge on any atom is 0.308 e. The van der Waals surface area contributed by atoms with Crippen molar-refractivity contribution in [3.05, 3.63) is 0 Å². The molecule has 0 N–H and O–H groups in total. The highest BCUT2D eigenvalue weighted by Crippen LogP contribution is 2.27. The maximum atomic E-state index is 11.6. The minimum absolute atomic E-state index is 0. The Morgan fingerprint density at radius 3 is 1.61 bits per heavy atom. The molecule has 0 spiro atoms. The van der Waals surface area contributed by atoms with Crippen molar-refractivity contribution in [2.75, 3.05) is 13.7 Å². The fourth-order valence-corrected chi connectivity index (χ4v) is 4.14. The molecule has 6 nitrogen and oxygen atoms in total. The van der Waals surface area contributed by atoms with Crippen LogP contribution in [-0.4, -0.2) is 37.2 Å². The van der Waals surface area contributed by atoms with Gasteiger partial charge in [-0.25, -0.2) is 0 Å². The lowest BCUT2D eigenvalue weighted by atomic mass is 9.82. The first kappa shape index (κ1) is 31.5. The number of Topliss-reactive ketones (excluding diaryl/α,β-unsaturated/α-hetero) is 2. The smallest absolute Gasteiger partial charge is 0.308 e. The van der Waals surface area contributed by atoms with Gasteiger partial charge >= 0.3 is 11.9 Å². The minimum atomic E-state index is -0.205. The van der Waals surface area contributed by atoms with Gasteiger partial charge in [-0.2, -0.15) is 0 Å². The Bertz CT molecular complexity index is 556. The van der Waals surface area contributed by atoms with E-state index in [1.807, 2.05) is 13.8 Å². The van der Waals surface area contributed by atoms with Crippen LogP contribution in [0.3, 0.4) is 0 Å². The Morgan fingerprint density at radius 2 is 1.26 bits per heavy atom. The van der Waals surface area contributed by atoms with Gasteiger partial charge in [0, 0.05) is 24.7 Å². The predicted molar refractivity (Wildman–Crippen MR) is 124 cm³/mol. The van der Waals surface area contributed by atoms with Gasteiger partial charge in [-0.15, -0.1) is 0 Å². The summed E-state index contributed by atoms with van der Waals surface area (Å²) in [6, 6.07) is 0. The summed E-state index contributed by atoms with van der Waals surface area (Å²) < 4.78 is 9.57. The van der Waals surface area contributed by atoms with Crippen molar-refractivity contribution in [1.29, 1.82) is 0 Å². The third-order valence-corrected chi connectivity index (χ3v) is 5.93. The summed E-state index contributed by atoms with van der Waals surface area (Å²) >= 11 is 0. The summed E-state index contributed by atoms with van der Waals surface area (Å²) in [7, 11) is 1.39. The molecule has 0 amide bonds. The fourth-order valence-electron chi connectivity index (χ4n) is 4.14. The van der Waals surface area contributed by atoms with Crippen molar-refractivity contribution in [2.24, 2.45) is 23.7 Å². The second-order valence-electron chi connectivity index (χ2n) is 8.37. The number of hydrogen-bond donors (Lipinski definition) is 0.